The van der Waals surface area contributed by atoms with E-state index in [1.807, 2.05) is 38.1 Å². The highest BCUT2D eigenvalue weighted by molar-refractivity contribution is 9.10. The summed E-state index contributed by atoms with van der Waals surface area (Å²) in [6.45, 7) is 4.69. The van der Waals surface area contributed by atoms with Gasteiger partial charge >= 0.3 is 5.97 Å². The third-order valence-electron chi connectivity index (χ3n) is 3.56. The van der Waals surface area contributed by atoms with Gasteiger partial charge in [-0.05, 0) is 31.4 Å². The first-order chi connectivity index (χ1) is 9.99. The molecule has 1 aromatic rings. The van der Waals surface area contributed by atoms with Crippen molar-refractivity contribution >= 4 is 27.8 Å². The summed E-state index contributed by atoms with van der Waals surface area (Å²) in [4.78, 5) is 24.9. The lowest BCUT2D eigenvalue weighted by atomic mass is 9.95. The number of halogens is 1. The fourth-order valence-corrected chi connectivity index (χ4v) is 2.70. The van der Waals surface area contributed by atoms with Crippen LogP contribution in [-0.4, -0.2) is 35.0 Å². The normalized spacial score (nSPS) is 12.0. The summed E-state index contributed by atoms with van der Waals surface area (Å²) in [5.41, 5.74) is 1.10. The molecule has 116 valence electrons. The molecule has 4 nitrogen and oxygen atoms in total. The average molecular weight is 356 g/mol. The molecule has 21 heavy (non-hydrogen) atoms. The molecule has 1 unspecified atom stereocenters. The summed E-state index contributed by atoms with van der Waals surface area (Å²) in [5.74, 6) is -0.949. The Morgan fingerprint density at radius 2 is 1.95 bits per heavy atom. The molecule has 0 fully saturated rings. The monoisotopic (exact) mass is 355 g/mol. The summed E-state index contributed by atoms with van der Waals surface area (Å²) in [6.07, 6.45) is 1.40. The van der Waals surface area contributed by atoms with Gasteiger partial charge in [-0.1, -0.05) is 41.1 Å². The van der Waals surface area contributed by atoms with Crippen molar-refractivity contribution in [3.8, 4) is 0 Å². The van der Waals surface area contributed by atoms with E-state index in [1.165, 1.54) is 0 Å². The highest BCUT2D eigenvalue weighted by Crippen LogP contribution is 2.22. The first-order valence-electron chi connectivity index (χ1n) is 7.23. The maximum atomic E-state index is 12.6. The van der Waals surface area contributed by atoms with Gasteiger partial charge in [0.1, 0.15) is 0 Å². The third-order valence-corrected chi connectivity index (χ3v) is 4.33. The minimum atomic E-state index is -0.875. The van der Waals surface area contributed by atoms with Gasteiger partial charge in [-0.15, -0.1) is 0 Å². The zero-order valence-corrected chi connectivity index (χ0v) is 14.1. The first-order valence-corrected chi connectivity index (χ1v) is 8.02. The minimum absolute atomic E-state index is 0.00888. The van der Waals surface area contributed by atoms with Crippen LogP contribution < -0.4 is 0 Å². The molecule has 1 aromatic carbocycles. The van der Waals surface area contributed by atoms with Crippen molar-refractivity contribution in [2.75, 3.05) is 13.1 Å². The molecule has 5 heteroatoms. The molecule has 0 saturated heterocycles. The molecule has 0 heterocycles. The zero-order valence-electron chi connectivity index (χ0n) is 12.5. The van der Waals surface area contributed by atoms with Crippen LogP contribution in [0, 0.1) is 5.92 Å². The molecule has 1 atom stereocenters. The molecule has 0 spiro atoms. The molecule has 1 N–H and O–H groups in total. The molecule has 0 aromatic heterocycles. The van der Waals surface area contributed by atoms with Crippen LogP contribution in [0.25, 0.3) is 0 Å². The molecule has 0 aliphatic rings. The number of hydrogen-bond acceptors (Lipinski definition) is 2. The third kappa shape index (κ3) is 5.50. The van der Waals surface area contributed by atoms with E-state index in [2.05, 4.69) is 15.9 Å². The number of carboxylic acid groups (broad SMARTS) is 1. The number of hydrogen-bond donors (Lipinski definition) is 1. The lowest BCUT2D eigenvalue weighted by Crippen LogP contribution is -2.38. The Bertz CT molecular complexity index is 490. The number of aliphatic carboxylic acids is 1. The molecular weight excluding hydrogens is 334 g/mol. The number of nitrogens with zero attached hydrogens (tertiary/aromatic N) is 1. The Morgan fingerprint density at radius 3 is 2.48 bits per heavy atom. The van der Waals surface area contributed by atoms with Gasteiger partial charge in [0.05, 0.1) is 6.42 Å². The predicted octanol–water partition coefficient (Wildman–Crippen LogP) is 3.34. The van der Waals surface area contributed by atoms with Gasteiger partial charge in [0.15, 0.2) is 0 Å². The van der Waals surface area contributed by atoms with Crippen LogP contribution in [0.1, 0.15) is 32.3 Å². The number of rotatable bonds is 8. The minimum Gasteiger partial charge on any atom is -0.481 e. The van der Waals surface area contributed by atoms with Gasteiger partial charge in [0.25, 0.3) is 0 Å². The molecule has 0 radical (unpaired) electrons. The molecule has 1 amide bonds. The Labute approximate surface area is 134 Å². The Hall–Kier alpha value is -1.36. The van der Waals surface area contributed by atoms with Gasteiger partial charge in [-0.2, -0.15) is 0 Å². The number of carboxylic acids is 1. The van der Waals surface area contributed by atoms with Crippen molar-refractivity contribution in [3.05, 3.63) is 34.3 Å². The molecule has 0 aliphatic carbocycles. The van der Waals surface area contributed by atoms with E-state index in [4.69, 9.17) is 5.11 Å². The van der Waals surface area contributed by atoms with Crippen LogP contribution in [0.5, 0.6) is 0 Å². The van der Waals surface area contributed by atoms with E-state index in [1.54, 1.807) is 4.90 Å². The van der Waals surface area contributed by atoms with Gasteiger partial charge in [0.2, 0.25) is 5.91 Å². The SMILES string of the molecule is CCC(Cc1ccccc1Br)C(=O)N(CC)CCC(=O)O. The smallest absolute Gasteiger partial charge is 0.305 e. The molecule has 0 bridgehead atoms. The van der Waals surface area contributed by atoms with Crippen molar-refractivity contribution in [3.63, 3.8) is 0 Å². The maximum absolute atomic E-state index is 12.6. The summed E-state index contributed by atoms with van der Waals surface area (Å²) in [7, 11) is 0. The lowest BCUT2D eigenvalue weighted by Gasteiger charge is -2.25. The van der Waals surface area contributed by atoms with Crippen molar-refractivity contribution in [2.24, 2.45) is 5.92 Å². The van der Waals surface area contributed by atoms with E-state index in [9.17, 15) is 9.59 Å². The zero-order chi connectivity index (χ0) is 15.8. The van der Waals surface area contributed by atoms with Crippen LogP contribution in [0.15, 0.2) is 28.7 Å². The topological polar surface area (TPSA) is 57.6 Å². The fraction of sp³-hybridized carbons (Fsp3) is 0.500. The van der Waals surface area contributed by atoms with E-state index < -0.39 is 5.97 Å². The van der Waals surface area contributed by atoms with Crippen LogP contribution >= 0.6 is 15.9 Å². The molecular formula is C16H22BrNO3. The van der Waals surface area contributed by atoms with E-state index in [0.717, 1.165) is 16.5 Å². The maximum Gasteiger partial charge on any atom is 0.305 e. The van der Waals surface area contributed by atoms with E-state index in [-0.39, 0.29) is 24.8 Å². The van der Waals surface area contributed by atoms with Gasteiger partial charge in [-0.25, -0.2) is 0 Å². The van der Waals surface area contributed by atoms with Crippen LogP contribution in [0.3, 0.4) is 0 Å². The molecule has 0 saturated carbocycles. The first kappa shape index (κ1) is 17.7. The summed E-state index contributed by atoms with van der Waals surface area (Å²) in [6, 6.07) is 7.88. The standard InChI is InChI=1S/C16H22BrNO3/c1-3-12(11-13-7-5-6-8-14(13)17)16(21)18(4-2)10-9-15(19)20/h5-8,12H,3-4,9-11H2,1-2H3,(H,19,20). The van der Waals surface area contributed by atoms with Crippen LogP contribution in [-0.2, 0) is 16.0 Å². The van der Waals surface area contributed by atoms with Gasteiger partial charge in [0, 0.05) is 23.5 Å². The Morgan fingerprint density at radius 1 is 1.29 bits per heavy atom. The van der Waals surface area contributed by atoms with Crippen molar-refractivity contribution in [1.29, 1.82) is 0 Å². The van der Waals surface area contributed by atoms with Gasteiger partial charge < -0.3 is 10.0 Å². The van der Waals surface area contributed by atoms with Crippen LogP contribution in [0.4, 0.5) is 0 Å². The highest BCUT2D eigenvalue weighted by atomic mass is 79.9. The van der Waals surface area contributed by atoms with Crippen molar-refractivity contribution in [1.82, 2.24) is 4.90 Å². The van der Waals surface area contributed by atoms with E-state index in [0.29, 0.717) is 13.0 Å². The van der Waals surface area contributed by atoms with Crippen molar-refractivity contribution < 1.29 is 14.7 Å². The quantitative estimate of drug-likeness (QED) is 0.777. The average Bonchev–Trinajstić information content (AvgIpc) is 2.46. The second-order valence-electron chi connectivity index (χ2n) is 4.96. The Balaban J connectivity index is 2.75. The number of amides is 1. The highest BCUT2D eigenvalue weighted by Gasteiger charge is 2.23. The fourth-order valence-electron chi connectivity index (χ4n) is 2.25. The number of carbonyl (C=O) groups excluding carboxylic acids is 1. The van der Waals surface area contributed by atoms with Crippen molar-refractivity contribution in [2.45, 2.75) is 33.1 Å². The Kier molecular flexibility index (Phi) is 7.43. The second kappa shape index (κ2) is 8.82. The molecule has 1 rings (SSSR count). The summed E-state index contributed by atoms with van der Waals surface area (Å²) >= 11 is 3.50. The largest absolute Gasteiger partial charge is 0.481 e. The predicted molar refractivity (Wildman–Crippen MR) is 86.1 cm³/mol. The number of carbonyl (C=O) groups is 2. The van der Waals surface area contributed by atoms with Gasteiger partial charge in [-0.3, -0.25) is 9.59 Å². The number of benzene rings is 1. The van der Waals surface area contributed by atoms with Crippen LogP contribution in [0.2, 0.25) is 0 Å². The second-order valence-corrected chi connectivity index (χ2v) is 5.82. The van der Waals surface area contributed by atoms with E-state index >= 15 is 0 Å². The molecule has 0 aliphatic heterocycles. The summed E-state index contributed by atoms with van der Waals surface area (Å²) < 4.78 is 1.00. The lowest BCUT2D eigenvalue weighted by molar-refractivity contribution is -0.139. The summed E-state index contributed by atoms with van der Waals surface area (Å²) in [5, 5.41) is 8.76.